The molecule has 2 aromatic carbocycles. The lowest BCUT2D eigenvalue weighted by molar-refractivity contribution is -0.120. The SMILES string of the molecule is Cc1c(=O)n(C)c(Nc2ccc(I)cc2F)c2c(=O)n(C)c(=O)n(-c3cccc(C4(C(N)=O)CC4)c3)c12. The van der Waals surface area contributed by atoms with E-state index in [1.54, 1.807) is 30.3 Å². The van der Waals surface area contributed by atoms with Crippen LogP contribution in [0.1, 0.15) is 24.0 Å². The minimum absolute atomic E-state index is 0.0427. The lowest BCUT2D eigenvalue weighted by atomic mass is 9.95. The normalized spacial score (nSPS) is 14.1. The van der Waals surface area contributed by atoms with Crippen LogP contribution in [0.5, 0.6) is 0 Å². The number of benzene rings is 2. The number of nitrogens with two attached hydrogens (primary N) is 1. The fourth-order valence-electron chi connectivity index (χ4n) is 4.75. The van der Waals surface area contributed by atoms with Gasteiger partial charge in [-0.1, -0.05) is 12.1 Å². The first kappa shape index (κ1) is 24.9. The number of primary amides is 1. The maximum Gasteiger partial charge on any atom is 0.335 e. The summed E-state index contributed by atoms with van der Waals surface area (Å²) >= 11 is 1.98. The van der Waals surface area contributed by atoms with Crippen LogP contribution in [0.25, 0.3) is 16.6 Å². The number of rotatable bonds is 5. The highest BCUT2D eigenvalue weighted by molar-refractivity contribution is 14.1. The number of aromatic nitrogens is 3. The van der Waals surface area contributed by atoms with Crippen molar-refractivity contribution in [3.8, 4) is 5.69 Å². The van der Waals surface area contributed by atoms with E-state index in [-0.39, 0.29) is 28.0 Å². The third-order valence-corrected chi connectivity index (χ3v) is 7.74. The van der Waals surface area contributed by atoms with Gasteiger partial charge >= 0.3 is 5.69 Å². The second kappa shape index (κ2) is 8.68. The average Bonchev–Trinajstić information content (AvgIpc) is 3.68. The number of hydrogen-bond donors (Lipinski definition) is 2. The number of anilines is 2. The van der Waals surface area contributed by atoms with E-state index in [9.17, 15) is 23.6 Å². The molecule has 0 atom stereocenters. The van der Waals surface area contributed by atoms with Crippen LogP contribution in [0.3, 0.4) is 0 Å². The molecule has 37 heavy (non-hydrogen) atoms. The Bertz CT molecular complexity index is 1820. The Balaban J connectivity index is 1.87. The van der Waals surface area contributed by atoms with Gasteiger partial charge in [-0.15, -0.1) is 0 Å². The summed E-state index contributed by atoms with van der Waals surface area (Å²) in [6.07, 6.45) is 1.20. The second-order valence-electron chi connectivity index (χ2n) is 9.29. The van der Waals surface area contributed by atoms with Gasteiger partial charge in [0.25, 0.3) is 11.1 Å². The van der Waals surface area contributed by atoms with Crippen LogP contribution < -0.4 is 27.9 Å². The van der Waals surface area contributed by atoms with Crippen molar-refractivity contribution < 1.29 is 9.18 Å². The Morgan fingerprint density at radius 1 is 1.05 bits per heavy atom. The topological polar surface area (TPSA) is 121 Å². The van der Waals surface area contributed by atoms with Crippen LogP contribution in [0.15, 0.2) is 56.8 Å². The molecule has 4 aromatic rings. The number of nitrogens with one attached hydrogen (secondary N) is 1. The van der Waals surface area contributed by atoms with E-state index in [1.807, 2.05) is 22.6 Å². The first-order valence-electron chi connectivity index (χ1n) is 11.5. The quantitative estimate of drug-likeness (QED) is 0.335. The molecule has 1 saturated carbocycles. The zero-order valence-electron chi connectivity index (χ0n) is 20.3. The zero-order valence-corrected chi connectivity index (χ0v) is 22.4. The first-order chi connectivity index (χ1) is 17.5. The van der Waals surface area contributed by atoms with Gasteiger partial charge in [0.05, 0.1) is 22.3 Å². The molecule has 0 radical (unpaired) electrons. The molecule has 5 rings (SSSR count). The van der Waals surface area contributed by atoms with Crippen LogP contribution >= 0.6 is 22.6 Å². The van der Waals surface area contributed by atoms with Gasteiger partial charge in [0.15, 0.2) is 0 Å². The van der Waals surface area contributed by atoms with Crippen molar-refractivity contribution in [3.05, 3.63) is 94.2 Å². The summed E-state index contributed by atoms with van der Waals surface area (Å²) in [5.41, 5.74) is 4.46. The van der Waals surface area contributed by atoms with E-state index in [1.165, 1.54) is 42.3 Å². The van der Waals surface area contributed by atoms with Crippen molar-refractivity contribution in [2.24, 2.45) is 19.8 Å². The van der Waals surface area contributed by atoms with Crippen molar-refractivity contribution in [1.29, 1.82) is 0 Å². The molecule has 0 saturated heterocycles. The molecular formula is C26H23FIN5O4. The number of aryl methyl sites for hydroxylation is 1. The van der Waals surface area contributed by atoms with Crippen LogP contribution in [0.2, 0.25) is 0 Å². The third-order valence-electron chi connectivity index (χ3n) is 7.07. The third kappa shape index (κ3) is 3.79. The Morgan fingerprint density at radius 2 is 1.76 bits per heavy atom. The van der Waals surface area contributed by atoms with Crippen molar-refractivity contribution in [2.75, 3.05) is 5.32 Å². The predicted molar refractivity (Wildman–Crippen MR) is 147 cm³/mol. The Hall–Kier alpha value is -3.74. The number of halogens is 2. The highest BCUT2D eigenvalue weighted by Gasteiger charge is 2.50. The van der Waals surface area contributed by atoms with E-state index in [2.05, 4.69) is 5.32 Å². The standard InChI is InChI=1S/C26H23FIN5O4/c1-13-20-19(21(31(2)22(13)34)30-18-8-7-15(28)12-17(18)27)23(35)32(3)25(37)33(20)16-6-4-5-14(11-16)26(9-10-26)24(29)36/h4-8,11-12,30H,9-10H2,1-3H3,(H2,29,36). The monoisotopic (exact) mass is 615 g/mol. The van der Waals surface area contributed by atoms with Gasteiger partial charge in [-0.3, -0.25) is 28.1 Å². The fraction of sp³-hybridized carbons (Fsp3) is 0.231. The van der Waals surface area contributed by atoms with Crippen molar-refractivity contribution >= 4 is 50.9 Å². The summed E-state index contributed by atoms with van der Waals surface area (Å²) in [5.74, 6) is -0.961. The maximum atomic E-state index is 14.7. The number of fused-ring (bicyclic) bond motifs is 1. The summed E-state index contributed by atoms with van der Waals surface area (Å²) in [7, 11) is 2.81. The van der Waals surface area contributed by atoms with Crippen LogP contribution in [0.4, 0.5) is 15.9 Å². The molecule has 2 aromatic heterocycles. The summed E-state index contributed by atoms with van der Waals surface area (Å²) in [6, 6.07) is 11.3. The van der Waals surface area contributed by atoms with Crippen molar-refractivity contribution in [3.63, 3.8) is 0 Å². The number of carbonyl (C=O) groups excluding carboxylic acids is 1. The summed E-state index contributed by atoms with van der Waals surface area (Å²) < 4.78 is 18.9. The highest BCUT2D eigenvalue weighted by Crippen LogP contribution is 2.48. The van der Waals surface area contributed by atoms with E-state index in [0.717, 1.165) is 4.57 Å². The smallest absolute Gasteiger partial charge is 0.335 e. The molecule has 11 heteroatoms. The molecule has 1 aliphatic carbocycles. The molecule has 2 heterocycles. The van der Waals surface area contributed by atoms with Crippen LogP contribution in [-0.4, -0.2) is 19.6 Å². The van der Waals surface area contributed by atoms with E-state index in [0.29, 0.717) is 27.7 Å². The number of nitrogens with zero attached hydrogens (tertiary/aromatic N) is 3. The molecule has 3 N–H and O–H groups in total. The molecule has 0 unspecified atom stereocenters. The molecule has 1 fully saturated rings. The zero-order chi connectivity index (χ0) is 26.8. The summed E-state index contributed by atoms with van der Waals surface area (Å²) in [6.45, 7) is 1.53. The van der Waals surface area contributed by atoms with Gasteiger partial charge in [-0.25, -0.2) is 9.18 Å². The number of carbonyl (C=O) groups is 1. The van der Waals surface area contributed by atoms with Gasteiger partial charge in [0.2, 0.25) is 5.91 Å². The Morgan fingerprint density at radius 3 is 2.38 bits per heavy atom. The van der Waals surface area contributed by atoms with Crippen molar-refractivity contribution in [2.45, 2.75) is 25.2 Å². The van der Waals surface area contributed by atoms with Gasteiger partial charge in [-0.05, 0) is 78.3 Å². The minimum Gasteiger partial charge on any atom is -0.369 e. The van der Waals surface area contributed by atoms with Gasteiger partial charge in [-0.2, -0.15) is 0 Å². The number of hydrogen-bond acceptors (Lipinski definition) is 5. The van der Waals surface area contributed by atoms with E-state index >= 15 is 0 Å². The lowest BCUT2D eigenvalue weighted by Gasteiger charge is -2.20. The molecule has 0 aliphatic heterocycles. The molecule has 1 amide bonds. The summed E-state index contributed by atoms with van der Waals surface area (Å²) in [5, 5.41) is 2.94. The lowest BCUT2D eigenvalue weighted by Crippen LogP contribution is -2.40. The fourth-order valence-corrected chi connectivity index (χ4v) is 5.21. The second-order valence-corrected chi connectivity index (χ2v) is 10.5. The van der Waals surface area contributed by atoms with Crippen molar-refractivity contribution in [1.82, 2.24) is 13.7 Å². The average molecular weight is 615 g/mol. The van der Waals surface area contributed by atoms with Gasteiger partial charge < -0.3 is 11.1 Å². The Labute approximate surface area is 223 Å². The summed E-state index contributed by atoms with van der Waals surface area (Å²) in [4.78, 5) is 52.4. The van der Waals surface area contributed by atoms with Crippen LogP contribution in [0, 0.1) is 16.3 Å². The molecular weight excluding hydrogens is 592 g/mol. The maximum absolute atomic E-state index is 14.7. The molecule has 9 nitrogen and oxygen atoms in total. The molecule has 190 valence electrons. The van der Waals surface area contributed by atoms with E-state index < -0.39 is 33.9 Å². The molecule has 0 spiro atoms. The first-order valence-corrected chi connectivity index (χ1v) is 12.5. The minimum atomic E-state index is -0.795. The van der Waals surface area contributed by atoms with Crippen LogP contribution in [-0.2, 0) is 24.3 Å². The van der Waals surface area contributed by atoms with Gasteiger partial charge in [0, 0.05) is 23.2 Å². The largest absolute Gasteiger partial charge is 0.369 e. The highest BCUT2D eigenvalue weighted by atomic mass is 127. The molecule has 0 bridgehead atoms. The number of pyridine rings is 1. The number of amides is 1. The van der Waals surface area contributed by atoms with E-state index in [4.69, 9.17) is 5.73 Å². The predicted octanol–water partition coefficient (Wildman–Crippen LogP) is 2.70. The Kier molecular flexibility index (Phi) is 5.85. The van der Waals surface area contributed by atoms with Gasteiger partial charge in [0.1, 0.15) is 17.0 Å². The molecule has 1 aliphatic rings.